The SMILES string of the molecule is CCc1nncn1CCNC(=NC)NCc1cccc(OCC(N)=O)c1. The van der Waals surface area contributed by atoms with E-state index in [0.717, 1.165) is 24.4 Å². The molecule has 0 spiro atoms. The van der Waals surface area contributed by atoms with Crippen LogP contribution in [-0.2, 0) is 24.3 Å². The summed E-state index contributed by atoms with van der Waals surface area (Å²) in [5.74, 6) is 1.75. The van der Waals surface area contributed by atoms with E-state index in [0.29, 0.717) is 24.8 Å². The minimum Gasteiger partial charge on any atom is -0.484 e. The Kier molecular flexibility index (Phi) is 7.41. The molecule has 0 aliphatic carbocycles. The summed E-state index contributed by atoms with van der Waals surface area (Å²) in [4.78, 5) is 15.0. The number of carbonyl (C=O) groups is 1. The van der Waals surface area contributed by atoms with Gasteiger partial charge in [0.25, 0.3) is 5.91 Å². The van der Waals surface area contributed by atoms with Crippen LogP contribution in [0.15, 0.2) is 35.6 Å². The van der Waals surface area contributed by atoms with Gasteiger partial charge in [0, 0.05) is 33.1 Å². The zero-order valence-electron chi connectivity index (χ0n) is 15.1. The van der Waals surface area contributed by atoms with Gasteiger partial charge in [-0.2, -0.15) is 0 Å². The van der Waals surface area contributed by atoms with Crippen LogP contribution >= 0.6 is 0 Å². The number of amides is 1. The van der Waals surface area contributed by atoms with Gasteiger partial charge in [0.1, 0.15) is 17.9 Å². The summed E-state index contributed by atoms with van der Waals surface area (Å²) >= 11 is 0. The Balaban J connectivity index is 1.79. The summed E-state index contributed by atoms with van der Waals surface area (Å²) in [7, 11) is 1.72. The van der Waals surface area contributed by atoms with Crippen LogP contribution in [0.3, 0.4) is 0 Å². The number of aliphatic imine (C=N–C) groups is 1. The lowest BCUT2D eigenvalue weighted by molar-refractivity contribution is -0.119. The molecule has 0 fully saturated rings. The largest absolute Gasteiger partial charge is 0.484 e. The van der Waals surface area contributed by atoms with Gasteiger partial charge in [0.2, 0.25) is 0 Å². The van der Waals surface area contributed by atoms with Crippen molar-refractivity contribution in [3.63, 3.8) is 0 Å². The zero-order valence-corrected chi connectivity index (χ0v) is 15.1. The van der Waals surface area contributed by atoms with Gasteiger partial charge in [-0.3, -0.25) is 9.79 Å². The molecule has 1 amide bonds. The molecule has 0 aliphatic rings. The number of hydrogen-bond acceptors (Lipinski definition) is 5. The van der Waals surface area contributed by atoms with Gasteiger partial charge in [0.15, 0.2) is 12.6 Å². The summed E-state index contributed by atoms with van der Waals surface area (Å²) in [6.45, 7) is 3.94. The molecule has 9 heteroatoms. The number of nitrogens with one attached hydrogen (secondary N) is 2. The Morgan fingerprint density at radius 3 is 2.96 bits per heavy atom. The molecule has 140 valence electrons. The quantitative estimate of drug-likeness (QED) is 0.430. The molecule has 1 heterocycles. The first kappa shape index (κ1) is 19.2. The number of guanidine groups is 1. The zero-order chi connectivity index (χ0) is 18.8. The van der Waals surface area contributed by atoms with E-state index in [9.17, 15) is 4.79 Å². The van der Waals surface area contributed by atoms with Gasteiger partial charge in [0.05, 0.1) is 0 Å². The van der Waals surface area contributed by atoms with Crippen molar-refractivity contribution in [1.29, 1.82) is 0 Å². The number of rotatable bonds is 9. The van der Waals surface area contributed by atoms with Crippen LogP contribution in [0.25, 0.3) is 0 Å². The van der Waals surface area contributed by atoms with Crippen molar-refractivity contribution < 1.29 is 9.53 Å². The molecule has 26 heavy (non-hydrogen) atoms. The minimum absolute atomic E-state index is 0.136. The monoisotopic (exact) mass is 359 g/mol. The second-order valence-electron chi connectivity index (χ2n) is 5.55. The predicted molar refractivity (Wildman–Crippen MR) is 98.7 cm³/mol. The van der Waals surface area contributed by atoms with Crippen LogP contribution in [0.5, 0.6) is 5.75 Å². The topological polar surface area (TPSA) is 119 Å². The molecule has 0 aliphatic heterocycles. The molecule has 0 saturated heterocycles. The maximum Gasteiger partial charge on any atom is 0.255 e. The van der Waals surface area contributed by atoms with Crippen LogP contribution in [0.2, 0.25) is 0 Å². The van der Waals surface area contributed by atoms with Crippen molar-refractivity contribution in [1.82, 2.24) is 25.4 Å². The van der Waals surface area contributed by atoms with Crippen molar-refractivity contribution in [2.45, 2.75) is 26.4 Å². The van der Waals surface area contributed by atoms with E-state index in [1.54, 1.807) is 19.4 Å². The smallest absolute Gasteiger partial charge is 0.255 e. The summed E-state index contributed by atoms with van der Waals surface area (Å²) < 4.78 is 7.32. The number of ether oxygens (including phenoxy) is 1. The lowest BCUT2D eigenvalue weighted by Crippen LogP contribution is -2.38. The number of nitrogens with zero attached hydrogens (tertiary/aromatic N) is 4. The van der Waals surface area contributed by atoms with Gasteiger partial charge in [-0.1, -0.05) is 19.1 Å². The Morgan fingerprint density at radius 1 is 1.38 bits per heavy atom. The predicted octanol–water partition coefficient (Wildman–Crippen LogP) is 0.0698. The van der Waals surface area contributed by atoms with E-state index < -0.39 is 5.91 Å². The lowest BCUT2D eigenvalue weighted by atomic mass is 10.2. The van der Waals surface area contributed by atoms with E-state index in [1.807, 2.05) is 22.8 Å². The Morgan fingerprint density at radius 2 is 2.23 bits per heavy atom. The van der Waals surface area contributed by atoms with E-state index in [4.69, 9.17) is 10.5 Å². The maximum absolute atomic E-state index is 10.8. The highest BCUT2D eigenvalue weighted by atomic mass is 16.5. The molecule has 9 nitrogen and oxygen atoms in total. The summed E-state index contributed by atoms with van der Waals surface area (Å²) in [5, 5.41) is 14.5. The van der Waals surface area contributed by atoms with Crippen LogP contribution < -0.4 is 21.1 Å². The fraction of sp³-hybridized carbons (Fsp3) is 0.412. The molecule has 2 rings (SSSR count). The van der Waals surface area contributed by atoms with E-state index >= 15 is 0 Å². The third-order valence-corrected chi connectivity index (χ3v) is 3.62. The molecule has 0 radical (unpaired) electrons. The third kappa shape index (κ3) is 6.08. The number of hydrogen-bond donors (Lipinski definition) is 3. The first-order valence-electron chi connectivity index (χ1n) is 8.43. The normalized spacial score (nSPS) is 11.2. The highest BCUT2D eigenvalue weighted by molar-refractivity contribution is 5.79. The molecule has 1 aromatic carbocycles. The molecule has 0 saturated carbocycles. The van der Waals surface area contributed by atoms with Gasteiger partial charge >= 0.3 is 0 Å². The molecule has 0 bridgehead atoms. The number of benzene rings is 1. The Labute approximate surface area is 152 Å². The third-order valence-electron chi connectivity index (χ3n) is 3.62. The van der Waals surface area contributed by atoms with Gasteiger partial charge in [-0.15, -0.1) is 10.2 Å². The van der Waals surface area contributed by atoms with E-state index in [-0.39, 0.29) is 6.61 Å². The van der Waals surface area contributed by atoms with E-state index in [2.05, 4.69) is 32.7 Å². The number of carbonyl (C=O) groups excluding carboxylic acids is 1. The molecule has 2 aromatic rings. The van der Waals surface area contributed by atoms with Crippen LogP contribution in [-0.4, -0.2) is 46.8 Å². The van der Waals surface area contributed by atoms with Crippen LogP contribution in [0.1, 0.15) is 18.3 Å². The molecule has 0 atom stereocenters. The highest BCUT2D eigenvalue weighted by Gasteiger charge is 2.03. The second kappa shape index (κ2) is 10.0. The van der Waals surface area contributed by atoms with Crippen molar-refractivity contribution in [3.8, 4) is 5.75 Å². The number of primary amides is 1. The summed E-state index contributed by atoms with van der Waals surface area (Å²) in [6, 6.07) is 7.46. The average Bonchev–Trinajstić information content (AvgIpc) is 3.10. The lowest BCUT2D eigenvalue weighted by Gasteiger charge is -2.13. The Hall–Kier alpha value is -3.10. The van der Waals surface area contributed by atoms with Crippen LogP contribution in [0.4, 0.5) is 0 Å². The van der Waals surface area contributed by atoms with Crippen molar-refractivity contribution in [3.05, 3.63) is 42.0 Å². The van der Waals surface area contributed by atoms with Gasteiger partial charge in [-0.25, -0.2) is 0 Å². The van der Waals surface area contributed by atoms with E-state index in [1.165, 1.54) is 0 Å². The molecule has 4 N–H and O–H groups in total. The van der Waals surface area contributed by atoms with Gasteiger partial charge < -0.3 is 25.7 Å². The average molecular weight is 359 g/mol. The van der Waals surface area contributed by atoms with Gasteiger partial charge in [-0.05, 0) is 17.7 Å². The highest BCUT2D eigenvalue weighted by Crippen LogP contribution is 2.12. The minimum atomic E-state index is -0.502. The fourth-order valence-corrected chi connectivity index (χ4v) is 2.34. The summed E-state index contributed by atoms with van der Waals surface area (Å²) in [5.41, 5.74) is 6.09. The maximum atomic E-state index is 10.8. The molecule has 1 aromatic heterocycles. The fourth-order valence-electron chi connectivity index (χ4n) is 2.34. The second-order valence-corrected chi connectivity index (χ2v) is 5.55. The standard InChI is InChI=1S/C17H25N7O2/c1-3-16-23-22-12-24(16)8-7-20-17(19-2)21-10-13-5-4-6-14(9-13)26-11-15(18)25/h4-6,9,12H,3,7-8,10-11H2,1-2H3,(H2,18,25)(H2,19,20,21). The summed E-state index contributed by atoms with van der Waals surface area (Å²) in [6.07, 6.45) is 2.58. The van der Waals surface area contributed by atoms with Crippen molar-refractivity contribution in [2.24, 2.45) is 10.7 Å². The number of nitrogens with two attached hydrogens (primary N) is 1. The van der Waals surface area contributed by atoms with Crippen LogP contribution in [0, 0.1) is 0 Å². The Bertz CT molecular complexity index is 742. The first-order valence-corrected chi connectivity index (χ1v) is 8.43. The first-order chi connectivity index (χ1) is 12.6. The molecule has 0 unspecified atom stereocenters. The number of aryl methyl sites for hydroxylation is 1. The molecular weight excluding hydrogens is 334 g/mol. The van der Waals surface area contributed by atoms with Crippen molar-refractivity contribution >= 4 is 11.9 Å². The van der Waals surface area contributed by atoms with Crippen molar-refractivity contribution in [2.75, 3.05) is 20.2 Å². The molecular formula is C17H25N7O2. The number of aromatic nitrogens is 3.